The molecule has 26 heavy (non-hydrogen) atoms. The van der Waals surface area contributed by atoms with Crippen LogP contribution in [0.3, 0.4) is 0 Å². The summed E-state index contributed by atoms with van der Waals surface area (Å²) in [4.78, 5) is 14.9. The minimum absolute atomic E-state index is 0.0856. The van der Waals surface area contributed by atoms with E-state index in [0.717, 1.165) is 62.6 Å². The van der Waals surface area contributed by atoms with E-state index in [1.807, 2.05) is 35.2 Å². The number of rotatable bonds is 5. The number of para-hydroxylation sites is 1. The van der Waals surface area contributed by atoms with Crippen LogP contribution < -0.4 is 4.74 Å². The lowest BCUT2D eigenvalue weighted by atomic mass is 9.93. The highest BCUT2D eigenvalue weighted by Gasteiger charge is 2.31. The molecule has 0 aliphatic carbocycles. The Kier molecular flexibility index (Phi) is 5.20. The molecule has 1 aromatic carbocycles. The summed E-state index contributed by atoms with van der Waals surface area (Å²) in [5, 5.41) is 7.21. The first-order chi connectivity index (χ1) is 12.8. The number of nitrogens with one attached hydrogen (secondary N) is 1. The van der Waals surface area contributed by atoms with Crippen molar-refractivity contribution in [2.45, 2.75) is 25.2 Å². The SMILES string of the molecule is O=C(c1cn[nH]c1C1CCOCC1)N1CCC(COc2ccccc2)C1. The summed E-state index contributed by atoms with van der Waals surface area (Å²) in [5.74, 6) is 1.68. The molecule has 6 nitrogen and oxygen atoms in total. The van der Waals surface area contributed by atoms with E-state index in [-0.39, 0.29) is 5.91 Å². The molecule has 2 aromatic rings. The van der Waals surface area contributed by atoms with Crippen molar-refractivity contribution >= 4 is 5.91 Å². The molecule has 2 saturated heterocycles. The van der Waals surface area contributed by atoms with E-state index in [9.17, 15) is 4.79 Å². The van der Waals surface area contributed by atoms with Gasteiger partial charge in [-0.25, -0.2) is 0 Å². The van der Waals surface area contributed by atoms with Crippen molar-refractivity contribution in [2.24, 2.45) is 5.92 Å². The summed E-state index contributed by atoms with van der Waals surface area (Å²) in [6.07, 6.45) is 4.54. The van der Waals surface area contributed by atoms with Gasteiger partial charge in [0.2, 0.25) is 0 Å². The molecule has 0 bridgehead atoms. The highest BCUT2D eigenvalue weighted by Crippen LogP contribution is 2.29. The number of benzene rings is 1. The summed E-state index contributed by atoms with van der Waals surface area (Å²) in [6, 6.07) is 9.84. The maximum absolute atomic E-state index is 13.0. The standard InChI is InChI=1S/C20H25N3O3/c24-20(18-12-21-22-19(18)16-7-10-25-11-8-16)23-9-6-15(13-23)14-26-17-4-2-1-3-5-17/h1-5,12,15-16H,6-11,13-14H2,(H,21,22). The van der Waals surface area contributed by atoms with Gasteiger partial charge in [0.1, 0.15) is 5.75 Å². The average Bonchev–Trinajstić information content (AvgIpc) is 3.37. The van der Waals surface area contributed by atoms with Crippen LogP contribution in [0.5, 0.6) is 5.75 Å². The molecular formula is C20H25N3O3. The van der Waals surface area contributed by atoms with E-state index in [2.05, 4.69) is 10.2 Å². The number of likely N-dealkylation sites (tertiary alicyclic amines) is 1. The summed E-state index contributed by atoms with van der Waals surface area (Å²) in [5.41, 5.74) is 1.70. The number of amides is 1. The first kappa shape index (κ1) is 17.1. The lowest BCUT2D eigenvalue weighted by molar-refractivity contribution is 0.0762. The van der Waals surface area contributed by atoms with Crippen LogP contribution in [0.15, 0.2) is 36.5 Å². The predicted molar refractivity (Wildman–Crippen MR) is 97.3 cm³/mol. The average molecular weight is 355 g/mol. The zero-order valence-corrected chi connectivity index (χ0v) is 14.9. The van der Waals surface area contributed by atoms with Crippen LogP contribution in [0.4, 0.5) is 0 Å². The maximum Gasteiger partial charge on any atom is 0.257 e. The Bertz CT molecular complexity index is 725. The van der Waals surface area contributed by atoms with E-state index < -0.39 is 0 Å². The number of H-pyrrole nitrogens is 1. The Balaban J connectivity index is 1.35. The molecule has 0 saturated carbocycles. The molecule has 1 N–H and O–H groups in total. The van der Waals surface area contributed by atoms with Gasteiger partial charge in [0.15, 0.2) is 0 Å². The maximum atomic E-state index is 13.0. The topological polar surface area (TPSA) is 67.5 Å². The number of hydrogen-bond acceptors (Lipinski definition) is 4. The predicted octanol–water partition coefficient (Wildman–Crippen LogP) is 2.84. The zero-order valence-electron chi connectivity index (χ0n) is 14.9. The second kappa shape index (κ2) is 7.91. The fourth-order valence-electron chi connectivity index (χ4n) is 3.82. The van der Waals surface area contributed by atoms with E-state index >= 15 is 0 Å². The largest absolute Gasteiger partial charge is 0.493 e. The fraction of sp³-hybridized carbons (Fsp3) is 0.500. The van der Waals surface area contributed by atoms with Crippen molar-refractivity contribution in [1.29, 1.82) is 0 Å². The van der Waals surface area contributed by atoms with E-state index in [4.69, 9.17) is 9.47 Å². The number of carbonyl (C=O) groups is 1. The van der Waals surface area contributed by atoms with Crippen LogP contribution in [0.25, 0.3) is 0 Å². The highest BCUT2D eigenvalue weighted by atomic mass is 16.5. The van der Waals surface area contributed by atoms with Crippen molar-refractivity contribution < 1.29 is 14.3 Å². The quantitative estimate of drug-likeness (QED) is 0.896. The minimum atomic E-state index is 0.0856. The number of carbonyl (C=O) groups excluding carboxylic acids is 1. The van der Waals surface area contributed by atoms with Crippen LogP contribution >= 0.6 is 0 Å². The van der Waals surface area contributed by atoms with Crippen molar-refractivity contribution in [1.82, 2.24) is 15.1 Å². The van der Waals surface area contributed by atoms with Crippen LogP contribution in [-0.4, -0.2) is 53.9 Å². The van der Waals surface area contributed by atoms with Crippen LogP contribution in [0.2, 0.25) is 0 Å². The van der Waals surface area contributed by atoms with Gasteiger partial charge < -0.3 is 14.4 Å². The van der Waals surface area contributed by atoms with Gasteiger partial charge in [0.05, 0.1) is 24.1 Å². The van der Waals surface area contributed by atoms with Crippen molar-refractivity contribution in [3.63, 3.8) is 0 Å². The number of aromatic nitrogens is 2. The Morgan fingerprint density at radius 3 is 2.85 bits per heavy atom. The molecule has 6 heteroatoms. The Morgan fingerprint density at radius 1 is 1.23 bits per heavy atom. The second-order valence-electron chi connectivity index (χ2n) is 7.11. The van der Waals surface area contributed by atoms with Crippen molar-refractivity contribution in [3.8, 4) is 5.75 Å². The summed E-state index contributed by atoms with van der Waals surface area (Å²) in [7, 11) is 0. The molecule has 2 fully saturated rings. The van der Waals surface area contributed by atoms with Gasteiger partial charge in [-0.3, -0.25) is 9.89 Å². The number of aromatic amines is 1. The fourth-order valence-corrected chi connectivity index (χ4v) is 3.82. The molecule has 2 aliphatic heterocycles. The molecule has 4 rings (SSSR count). The summed E-state index contributed by atoms with van der Waals surface area (Å²) < 4.78 is 11.3. The minimum Gasteiger partial charge on any atom is -0.493 e. The van der Waals surface area contributed by atoms with Gasteiger partial charge in [0, 0.05) is 38.1 Å². The molecule has 2 aliphatic rings. The summed E-state index contributed by atoms with van der Waals surface area (Å²) in [6.45, 7) is 3.66. The molecule has 1 unspecified atom stereocenters. The Hall–Kier alpha value is -2.34. The molecular weight excluding hydrogens is 330 g/mol. The van der Waals surface area contributed by atoms with E-state index in [1.165, 1.54) is 0 Å². The molecule has 1 amide bonds. The third-order valence-electron chi connectivity index (χ3n) is 5.33. The van der Waals surface area contributed by atoms with Gasteiger partial charge in [-0.1, -0.05) is 18.2 Å². The molecule has 0 radical (unpaired) electrons. The number of nitrogens with zero attached hydrogens (tertiary/aromatic N) is 2. The Labute approximate surface area is 153 Å². The van der Waals surface area contributed by atoms with Gasteiger partial charge >= 0.3 is 0 Å². The van der Waals surface area contributed by atoms with Crippen LogP contribution in [-0.2, 0) is 4.74 Å². The van der Waals surface area contributed by atoms with Crippen molar-refractivity contribution in [2.75, 3.05) is 32.9 Å². The lowest BCUT2D eigenvalue weighted by Gasteiger charge is -2.23. The van der Waals surface area contributed by atoms with Gasteiger partial charge in [-0.05, 0) is 31.4 Å². The lowest BCUT2D eigenvalue weighted by Crippen LogP contribution is -2.30. The van der Waals surface area contributed by atoms with Crippen molar-refractivity contribution in [3.05, 3.63) is 47.8 Å². The smallest absolute Gasteiger partial charge is 0.257 e. The molecule has 0 spiro atoms. The monoisotopic (exact) mass is 355 g/mol. The normalized spacial score (nSPS) is 21.1. The van der Waals surface area contributed by atoms with Gasteiger partial charge in [-0.15, -0.1) is 0 Å². The van der Waals surface area contributed by atoms with Gasteiger partial charge in [-0.2, -0.15) is 5.10 Å². The van der Waals surface area contributed by atoms with E-state index in [1.54, 1.807) is 6.20 Å². The first-order valence-corrected chi connectivity index (χ1v) is 9.39. The van der Waals surface area contributed by atoms with Gasteiger partial charge in [0.25, 0.3) is 5.91 Å². The third kappa shape index (κ3) is 3.75. The highest BCUT2D eigenvalue weighted by molar-refractivity contribution is 5.95. The zero-order chi connectivity index (χ0) is 17.8. The molecule has 1 aromatic heterocycles. The third-order valence-corrected chi connectivity index (χ3v) is 5.33. The number of ether oxygens (including phenoxy) is 2. The molecule has 3 heterocycles. The molecule has 1 atom stereocenters. The van der Waals surface area contributed by atoms with E-state index in [0.29, 0.717) is 18.4 Å². The Morgan fingerprint density at radius 2 is 2.04 bits per heavy atom. The van der Waals surface area contributed by atoms with Crippen LogP contribution in [0.1, 0.15) is 41.2 Å². The second-order valence-corrected chi connectivity index (χ2v) is 7.11. The summed E-state index contributed by atoms with van der Waals surface area (Å²) >= 11 is 0. The number of hydrogen-bond donors (Lipinski definition) is 1. The van der Waals surface area contributed by atoms with Crippen LogP contribution in [0, 0.1) is 5.92 Å². The first-order valence-electron chi connectivity index (χ1n) is 9.39. The molecule has 138 valence electrons.